The van der Waals surface area contributed by atoms with E-state index in [9.17, 15) is 0 Å². The average molecular weight is 790 g/mol. The molecule has 2 aliphatic rings. The monoisotopic (exact) mass is 788 g/mol. The molecule has 0 radical (unpaired) electrons. The summed E-state index contributed by atoms with van der Waals surface area (Å²) in [6.07, 6.45) is 0. The van der Waals surface area contributed by atoms with Crippen molar-refractivity contribution in [2.75, 3.05) is 9.80 Å². The van der Waals surface area contributed by atoms with Crippen LogP contribution >= 0.6 is 23.2 Å². The first-order valence-electron chi connectivity index (χ1n) is 19.9. The lowest BCUT2D eigenvalue weighted by atomic mass is 9.82. The number of para-hydroxylation sites is 2. The fourth-order valence-electron chi connectivity index (χ4n) is 9.39. The van der Waals surface area contributed by atoms with Gasteiger partial charge in [0.2, 0.25) is 0 Å². The summed E-state index contributed by atoms with van der Waals surface area (Å²) >= 11 is 13.9. The molecule has 0 aromatic heterocycles. The molecular weight excluding hydrogens is 748 g/mol. The van der Waals surface area contributed by atoms with E-state index < -0.39 is 0 Å². The first-order valence-corrected chi connectivity index (χ1v) is 20.7. The molecule has 58 heavy (non-hydrogen) atoms. The smallest absolute Gasteiger partial charge is 0.0647 e. The summed E-state index contributed by atoms with van der Waals surface area (Å²) < 4.78 is 0. The van der Waals surface area contributed by atoms with E-state index in [4.69, 9.17) is 23.2 Å². The second-order valence-corrected chi connectivity index (χ2v) is 17.3. The van der Waals surface area contributed by atoms with E-state index >= 15 is 0 Å². The lowest BCUT2D eigenvalue weighted by molar-refractivity contribution is 0.660. The maximum Gasteiger partial charge on any atom is 0.0647 e. The number of rotatable bonds is 7. The van der Waals surface area contributed by atoms with Crippen LogP contribution in [0.1, 0.15) is 49.9 Å². The zero-order valence-electron chi connectivity index (χ0n) is 33.0. The molecule has 0 spiro atoms. The molecule has 0 saturated heterocycles. The van der Waals surface area contributed by atoms with Gasteiger partial charge in [-0.25, -0.2) is 0 Å². The van der Waals surface area contributed by atoms with E-state index in [-0.39, 0.29) is 10.8 Å². The Labute approximate surface area is 351 Å². The Morgan fingerprint density at radius 2 is 0.655 bits per heavy atom. The number of halogens is 2. The molecule has 0 N–H and O–H groups in total. The molecule has 0 heterocycles. The second kappa shape index (κ2) is 13.8. The van der Waals surface area contributed by atoms with Crippen molar-refractivity contribution in [2.24, 2.45) is 0 Å². The number of anilines is 6. The van der Waals surface area contributed by atoms with Crippen molar-refractivity contribution in [3.63, 3.8) is 0 Å². The molecule has 4 heteroatoms. The van der Waals surface area contributed by atoms with Crippen LogP contribution in [0.2, 0.25) is 10.0 Å². The normalized spacial score (nSPS) is 14.0. The number of nitrogens with zero attached hydrogens (tertiary/aromatic N) is 2. The minimum absolute atomic E-state index is 0.117. The van der Waals surface area contributed by atoms with E-state index in [0.29, 0.717) is 10.0 Å². The fourth-order valence-corrected chi connectivity index (χ4v) is 9.83. The van der Waals surface area contributed by atoms with Gasteiger partial charge in [-0.05, 0) is 128 Å². The van der Waals surface area contributed by atoms with Gasteiger partial charge in [-0.3, -0.25) is 0 Å². The van der Waals surface area contributed by atoms with Crippen LogP contribution in [-0.2, 0) is 10.8 Å². The number of fused-ring (bicyclic) bond motifs is 6. The molecule has 0 saturated carbocycles. The van der Waals surface area contributed by atoms with Gasteiger partial charge in [-0.2, -0.15) is 0 Å². The van der Waals surface area contributed by atoms with Crippen LogP contribution in [0.5, 0.6) is 0 Å². The molecule has 0 aliphatic heterocycles. The van der Waals surface area contributed by atoms with Crippen LogP contribution in [0.3, 0.4) is 0 Å². The van der Waals surface area contributed by atoms with Crippen molar-refractivity contribution in [3.8, 4) is 33.4 Å². The zero-order valence-corrected chi connectivity index (χ0v) is 34.5. The number of hydrogen-bond donors (Lipinski definition) is 0. The first-order chi connectivity index (χ1) is 28.1. The van der Waals surface area contributed by atoms with Crippen molar-refractivity contribution in [1.29, 1.82) is 0 Å². The summed E-state index contributed by atoms with van der Waals surface area (Å²) in [5, 5.41) is 1.40. The Morgan fingerprint density at radius 1 is 0.328 bits per heavy atom. The quantitative estimate of drug-likeness (QED) is 0.159. The van der Waals surface area contributed by atoms with Gasteiger partial charge < -0.3 is 9.80 Å². The van der Waals surface area contributed by atoms with Crippen LogP contribution in [-0.4, -0.2) is 0 Å². The van der Waals surface area contributed by atoms with Gasteiger partial charge in [-0.1, -0.05) is 160 Å². The SMILES string of the molecule is CC1(C)c2ccccc2-c2ccc(N(c3ccc(-c4ccc(N(c5ccc6c(c5)C(C)(C)c5ccccc5-6)c5ccccc5Cl)cc4)cc3)c3ccccc3Cl)cc21. The molecule has 8 aromatic carbocycles. The molecular formula is C54H42Cl2N2. The third-order valence-corrected chi connectivity index (χ3v) is 13.1. The predicted octanol–water partition coefficient (Wildman–Crippen LogP) is 16.2. The van der Waals surface area contributed by atoms with Crippen molar-refractivity contribution in [2.45, 2.75) is 38.5 Å². The molecule has 0 bridgehead atoms. The topological polar surface area (TPSA) is 6.48 Å². The van der Waals surface area contributed by atoms with Gasteiger partial charge in [0, 0.05) is 33.6 Å². The van der Waals surface area contributed by atoms with E-state index in [0.717, 1.165) is 45.3 Å². The van der Waals surface area contributed by atoms with Gasteiger partial charge in [0.1, 0.15) is 0 Å². The van der Waals surface area contributed by atoms with E-state index in [1.54, 1.807) is 0 Å². The lowest BCUT2D eigenvalue weighted by Crippen LogP contribution is -2.16. The third-order valence-electron chi connectivity index (χ3n) is 12.4. The number of benzene rings is 8. The standard InChI is InChI=1S/C54H42Cl2N2/c1-53(2)45-15-7-5-13-41(45)43-31-29-39(33-47(43)53)57(51-19-11-9-17-49(51)55)37-25-21-35(22-26-37)36-23-27-38(28-24-36)58(52-20-12-10-18-50(52)56)40-30-32-44-42-14-6-8-16-46(42)54(3,4)48(44)34-40/h5-34H,1-4H3. The molecule has 0 fully saturated rings. The third kappa shape index (κ3) is 5.77. The van der Waals surface area contributed by atoms with Crippen LogP contribution in [0.25, 0.3) is 33.4 Å². The van der Waals surface area contributed by atoms with Gasteiger partial charge in [-0.15, -0.1) is 0 Å². The van der Waals surface area contributed by atoms with Crippen LogP contribution < -0.4 is 9.80 Å². The Kier molecular flexibility index (Phi) is 8.64. The van der Waals surface area contributed by atoms with Crippen molar-refractivity contribution >= 4 is 57.3 Å². The highest BCUT2D eigenvalue weighted by Gasteiger charge is 2.37. The molecule has 8 aromatic rings. The van der Waals surface area contributed by atoms with Gasteiger partial charge in [0.25, 0.3) is 0 Å². The summed E-state index contributed by atoms with van der Waals surface area (Å²) in [5.41, 5.74) is 18.7. The maximum atomic E-state index is 6.94. The highest BCUT2D eigenvalue weighted by atomic mass is 35.5. The summed E-state index contributed by atoms with van der Waals surface area (Å²) in [7, 11) is 0. The molecule has 0 atom stereocenters. The maximum absolute atomic E-state index is 6.94. The molecule has 0 amide bonds. The van der Waals surface area contributed by atoms with E-state index in [1.807, 2.05) is 36.4 Å². The number of hydrogen-bond acceptors (Lipinski definition) is 2. The molecule has 2 aliphatic carbocycles. The Morgan fingerprint density at radius 3 is 1.05 bits per heavy atom. The van der Waals surface area contributed by atoms with Crippen molar-refractivity contribution in [3.05, 3.63) is 214 Å². The largest absolute Gasteiger partial charge is 0.309 e. The molecule has 0 unspecified atom stereocenters. The highest BCUT2D eigenvalue weighted by molar-refractivity contribution is 6.34. The van der Waals surface area contributed by atoms with E-state index in [2.05, 4.69) is 183 Å². The van der Waals surface area contributed by atoms with Crippen LogP contribution in [0.4, 0.5) is 34.1 Å². The minimum atomic E-state index is -0.117. The summed E-state index contributed by atoms with van der Waals surface area (Å²) in [4.78, 5) is 4.54. The average Bonchev–Trinajstić information content (AvgIpc) is 3.62. The van der Waals surface area contributed by atoms with Crippen molar-refractivity contribution < 1.29 is 0 Å². The summed E-state index contributed by atoms with van der Waals surface area (Å²) in [6, 6.07) is 64.9. The summed E-state index contributed by atoms with van der Waals surface area (Å²) in [5.74, 6) is 0. The Hall–Kier alpha value is -6.06. The second-order valence-electron chi connectivity index (χ2n) is 16.5. The molecule has 282 valence electrons. The fraction of sp³-hybridized carbons (Fsp3) is 0.111. The Balaban J connectivity index is 1.00. The zero-order chi connectivity index (χ0) is 39.8. The Bertz CT molecular complexity index is 2670. The van der Waals surface area contributed by atoms with Crippen molar-refractivity contribution in [1.82, 2.24) is 0 Å². The highest BCUT2D eigenvalue weighted by Crippen LogP contribution is 2.53. The molecule has 10 rings (SSSR count). The summed E-state index contributed by atoms with van der Waals surface area (Å²) in [6.45, 7) is 9.28. The molecule has 2 nitrogen and oxygen atoms in total. The van der Waals surface area contributed by atoms with Gasteiger partial charge >= 0.3 is 0 Å². The van der Waals surface area contributed by atoms with E-state index in [1.165, 1.54) is 44.5 Å². The van der Waals surface area contributed by atoms with Gasteiger partial charge in [0.05, 0.1) is 21.4 Å². The minimum Gasteiger partial charge on any atom is -0.309 e. The predicted molar refractivity (Wildman–Crippen MR) is 246 cm³/mol. The van der Waals surface area contributed by atoms with Crippen LogP contribution in [0, 0.1) is 0 Å². The first kappa shape index (κ1) is 36.3. The lowest BCUT2D eigenvalue weighted by Gasteiger charge is -2.29. The van der Waals surface area contributed by atoms with Gasteiger partial charge in [0.15, 0.2) is 0 Å². The van der Waals surface area contributed by atoms with Crippen LogP contribution in [0.15, 0.2) is 182 Å².